The Labute approximate surface area is 180 Å². The molecule has 1 aliphatic heterocycles. The Hall–Kier alpha value is -1.65. The van der Waals surface area contributed by atoms with Gasteiger partial charge in [-0.3, -0.25) is 4.79 Å². The lowest BCUT2D eigenvalue weighted by molar-refractivity contribution is -0.138. The topological polar surface area (TPSA) is 83.7 Å². The normalized spacial score (nSPS) is 25.9. The second-order valence-electron chi connectivity index (χ2n) is 8.85. The van der Waals surface area contributed by atoms with Crippen molar-refractivity contribution in [3.05, 3.63) is 29.8 Å². The van der Waals surface area contributed by atoms with E-state index in [1.165, 1.54) is 10.4 Å². The number of amides is 1. The van der Waals surface area contributed by atoms with Crippen LogP contribution in [-0.2, 0) is 21.0 Å². The molecule has 1 heterocycles. The predicted molar refractivity (Wildman–Crippen MR) is 108 cm³/mol. The molecule has 0 bridgehead atoms. The number of hydrogen-bond donors (Lipinski definition) is 1. The predicted octanol–water partition coefficient (Wildman–Crippen LogP) is 2.98. The van der Waals surface area contributed by atoms with Gasteiger partial charge in [0.05, 0.1) is 16.4 Å². The molecular weight excluding hydrogens is 431 g/mol. The van der Waals surface area contributed by atoms with Gasteiger partial charge in [0.2, 0.25) is 15.9 Å². The fourth-order valence-electron chi connectivity index (χ4n) is 4.84. The third-order valence-corrected chi connectivity index (χ3v) is 8.67. The Bertz CT molecular complexity index is 925. The van der Waals surface area contributed by atoms with Crippen LogP contribution in [0.5, 0.6) is 0 Å². The number of nitrogens with zero attached hydrogens (tertiary/aromatic N) is 2. The van der Waals surface area contributed by atoms with Crippen LogP contribution in [0.4, 0.5) is 13.2 Å². The molecule has 2 N–H and O–H groups in total. The molecule has 3 fully saturated rings. The molecule has 1 aromatic rings. The van der Waals surface area contributed by atoms with E-state index >= 15 is 0 Å². The van der Waals surface area contributed by atoms with E-state index < -0.39 is 21.8 Å². The maximum Gasteiger partial charge on any atom is 0.416 e. The van der Waals surface area contributed by atoms with Crippen LogP contribution in [0.1, 0.15) is 50.5 Å². The first-order valence-corrected chi connectivity index (χ1v) is 12.3. The number of rotatable bonds is 5. The van der Waals surface area contributed by atoms with Gasteiger partial charge < -0.3 is 10.6 Å². The Morgan fingerprint density at radius 3 is 2.23 bits per heavy atom. The average molecular weight is 460 g/mol. The molecule has 1 aromatic carbocycles. The molecule has 1 saturated heterocycles. The Morgan fingerprint density at radius 2 is 1.68 bits per heavy atom. The monoisotopic (exact) mass is 459 g/mol. The summed E-state index contributed by atoms with van der Waals surface area (Å²) in [5.74, 6) is -0.118. The summed E-state index contributed by atoms with van der Waals surface area (Å²) in [6.45, 7) is 0.877. The van der Waals surface area contributed by atoms with Crippen molar-refractivity contribution in [2.75, 3.05) is 13.1 Å². The number of carbonyl (C=O) groups excluding carboxylic acids is 1. The fraction of sp³-hybridized carbons (Fsp3) is 0.667. The highest BCUT2D eigenvalue weighted by molar-refractivity contribution is 7.89. The van der Waals surface area contributed by atoms with Crippen molar-refractivity contribution in [3.8, 4) is 0 Å². The number of sulfonamides is 1. The first-order valence-electron chi connectivity index (χ1n) is 10.8. The highest BCUT2D eigenvalue weighted by atomic mass is 32.2. The molecule has 2 atom stereocenters. The highest BCUT2D eigenvalue weighted by Gasteiger charge is 2.45. The lowest BCUT2D eigenvalue weighted by Crippen LogP contribution is -2.51. The van der Waals surface area contributed by atoms with Gasteiger partial charge in [-0.25, -0.2) is 8.42 Å². The zero-order valence-corrected chi connectivity index (χ0v) is 18.0. The fourth-order valence-corrected chi connectivity index (χ4v) is 6.82. The number of hydrogen-bond acceptors (Lipinski definition) is 4. The van der Waals surface area contributed by atoms with Crippen LogP contribution in [0, 0.1) is 5.92 Å². The first kappa shape index (κ1) is 22.5. The second kappa shape index (κ2) is 8.37. The van der Waals surface area contributed by atoms with Crippen LogP contribution in [0.2, 0.25) is 0 Å². The van der Waals surface area contributed by atoms with Crippen molar-refractivity contribution in [1.29, 1.82) is 0 Å². The average Bonchev–Trinajstić information content (AvgIpc) is 3.46. The number of benzene rings is 1. The zero-order chi connectivity index (χ0) is 22.4. The number of nitrogens with two attached hydrogens (primary N) is 1. The number of carbonyl (C=O) groups is 1. The molecule has 2 aliphatic carbocycles. The first-order chi connectivity index (χ1) is 14.6. The van der Waals surface area contributed by atoms with Gasteiger partial charge in [0.25, 0.3) is 0 Å². The van der Waals surface area contributed by atoms with Crippen LogP contribution >= 0.6 is 0 Å². The van der Waals surface area contributed by atoms with E-state index in [0.717, 1.165) is 31.4 Å². The summed E-state index contributed by atoms with van der Waals surface area (Å²) >= 11 is 0. The molecule has 0 radical (unpaired) electrons. The van der Waals surface area contributed by atoms with Gasteiger partial charge in [0.1, 0.15) is 0 Å². The van der Waals surface area contributed by atoms with Crippen molar-refractivity contribution < 1.29 is 26.4 Å². The van der Waals surface area contributed by atoms with Crippen molar-refractivity contribution in [1.82, 2.24) is 9.21 Å². The molecule has 3 aliphatic rings. The summed E-state index contributed by atoms with van der Waals surface area (Å²) in [6, 6.07) is 3.31. The van der Waals surface area contributed by atoms with Crippen molar-refractivity contribution in [3.63, 3.8) is 0 Å². The van der Waals surface area contributed by atoms with E-state index in [1.54, 1.807) is 4.90 Å². The molecule has 1 amide bonds. The number of halogens is 3. The highest BCUT2D eigenvalue weighted by Crippen LogP contribution is 2.38. The third kappa shape index (κ3) is 4.61. The summed E-state index contributed by atoms with van der Waals surface area (Å²) in [4.78, 5) is 14.2. The molecule has 6 nitrogen and oxygen atoms in total. The van der Waals surface area contributed by atoms with Gasteiger partial charge in [0, 0.05) is 31.2 Å². The standard InChI is InChI=1S/C21H28F3N3O3S/c22-21(23,24)14-3-1-4-17(13-14)31(29,30)27(15-7-8-15)16-9-11-26(12-10-16)20(28)18-5-2-6-19(18)25/h1,3-4,13,15-16,18-19H,2,5-12,25H2/t18-,19+/m0/s1. The van der Waals surface area contributed by atoms with Crippen molar-refractivity contribution >= 4 is 15.9 Å². The molecule has 0 aromatic heterocycles. The summed E-state index contributed by atoms with van der Waals surface area (Å²) in [5.41, 5.74) is 5.08. The third-order valence-electron chi connectivity index (χ3n) is 6.67. The van der Waals surface area contributed by atoms with Gasteiger partial charge in [-0.2, -0.15) is 17.5 Å². The summed E-state index contributed by atoms with van der Waals surface area (Å²) in [6.07, 6.45) is 0.324. The molecule has 2 saturated carbocycles. The van der Waals surface area contributed by atoms with Gasteiger partial charge in [-0.15, -0.1) is 0 Å². The number of alkyl halides is 3. The van der Waals surface area contributed by atoms with E-state index in [0.29, 0.717) is 44.8 Å². The summed E-state index contributed by atoms with van der Waals surface area (Å²) in [7, 11) is -4.07. The van der Waals surface area contributed by atoms with Gasteiger partial charge in [-0.05, 0) is 56.7 Å². The second-order valence-corrected chi connectivity index (χ2v) is 10.7. The van der Waals surface area contributed by atoms with E-state index in [9.17, 15) is 26.4 Å². The largest absolute Gasteiger partial charge is 0.416 e. The Morgan fingerprint density at radius 1 is 1.03 bits per heavy atom. The zero-order valence-electron chi connectivity index (χ0n) is 17.2. The molecule has 172 valence electrons. The maximum absolute atomic E-state index is 13.3. The van der Waals surface area contributed by atoms with E-state index in [1.807, 2.05) is 0 Å². The molecule has 10 heteroatoms. The van der Waals surface area contributed by atoms with E-state index in [2.05, 4.69) is 0 Å². The summed E-state index contributed by atoms with van der Waals surface area (Å²) in [5, 5.41) is 0. The quantitative estimate of drug-likeness (QED) is 0.734. The maximum atomic E-state index is 13.3. The van der Waals surface area contributed by atoms with E-state index in [-0.39, 0.29) is 34.8 Å². The minimum Gasteiger partial charge on any atom is -0.342 e. The number of piperidine rings is 1. The molecule has 0 spiro atoms. The van der Waals surface area contributed by atoms with Crippen LogP contribution in [0.25, 0.3) is 0 Å². The van der Waals surface area contributed by atoms with Crippen molar-refractivity contribution in [2.45, 2.75) is 74.1 Å². The molecular formula is C21H28F3N3O3S. The van der Waals surface area contributed by atoms with Crippen LogP contribution in [-0.4, -0.2) is 54.7 Å². The van der Waals surface area contributed by atoms with Gasteiger partial charge in [-0.1, -0.05) is 12.5 Å². The SMILES string of the molecule is N[C@@H]1CCC[C@@H]1C(=O)N1CCC(N(C2CC2)S(=O)(=O)c2cccc(C(F)(F)F)c2)CC1. The van der Waals surface area contributed by atoms with Crippen LogP contribution in [0.15, 0.2) is 29.2 Å². The minimum atomic E-state index is -4.61. The van der Waals surface area contributed by atoms with Crippen LogP contribution < -0.4 is 5.73 Å². The molecule has 31 heavy (non-hydrogen) atoms. The minimum absolute atomic E-state index is 0.0437. The van der Waals surface area contributed by atoms with Gasteiger partial charge >= 0.3 is 6.18 Å². The van der Waals surface area contributed by atoms with Gasteiger partial charge in [0.15, 0.2) is 0 Å². The Balaban J connectivity index is 1.49. The number of likely N-dealkylation sites (tertiary alicyclic amines) is 1. The molecule has 4 rings (SSSR count). The molecule has 0 unspecified atom stereocenters. The summed E-state index contributed by atoms with van der Waals surface area (Å²) < 4.78 is 67.4. The lowest BCUT2D eigenvalue weighted by Gasteiger charge is -2.39. The van der Waals surface area contributed by atoms with E-state index in [4.69, 9.17) is 5.73 Å². The van der Waals surface area contributed by atoms with Crippen LogP contribution in [0.3, 0.4) is 0 Å². The van der Waals surface area contributed by atoms with Crippen molar-refractivity contribution in [2.24, 2.45) is 11.7 Å². The smallest absolute Gasteiger partial charge is 0.342 e. The lowest BCUT2D eigenvalue weighted by atomic mass is 9.99. The Kier molecular flexibility index (Phi) is 6.08.